The molecule has 0 unspecified atom stereocenters. The van der Waals surface area contributed by atoms with Crippen LogP contribution in [0.25, 0.3) is 0 Å². The number of carboxylic acid groups (broad SMARTS) is 1. The Kier molecular flexibility index (Phi) is 4.27. The molecule has 6 heteroatoms. The molecule has 0 aliphatic heterocycles. The number of aliphatic hydroxyl groups excluding tert-OH is 1. The highest BCUT2D eigenvalue weighted by molar-refractivity contribution is 7.14. The zero-order valence-electron chi connectivity index (χ0n) is 10.3. The molecule has 0 aliphatic rings. The number of carbonyl (C=O) groups is 2. The maximum absolute atomic E-state index is 11.7. The van der Waals surface area contributed by atoms with Crippen molar-refractivity contribution in [3.63, 3.8) is 0 Å². The van der Waals surface area contributed by atoms with Gasteiger partial charge in [-0.2, -0.15) is 0 Å². The van der Waals surface area contributed by atoms with Crippen LogP contribution >= 0.6 is 11.3 Å². The summed E-state index contributed by atoms with van der Waals surface area (Å²) in [5.74, 6) is -3.00. The van der Waals surface area contributed by atoms with E-state index < -0.39 is 17.5 Å². The van der Waals surface area contributed by atoms with Gasteiger partial charge in [0.25, 0.3) is 0 Å². The summed E-state index contributed by atoms with van der Waals surface area (Å²) in [5, 5.41) is 17.5. The van der Waals surface area contributed by atoms with Gasteiger partial charge in [0.1, 0.15) is 0 Å². The zero-order chi connectivity index (χ0) is 14.5. The van der Waals surface area contributed by atoms with Gasteiger partial charge in [0.2, 0.25) is 5.76 Å². The normalized spacial score (nSPS) is 11.3. The van der Waals surface area contributed by atoms with Crippen LogP contribution in [0.5, 0.6) is 0 Å². The highest BCUT2D eigenvalue weighted by Crippen LogP contribution is 2.20. The Hall–Kier alpha value is -2.47. The molecule has 0 radical (unpaired) electrons. The topological polar surface area (TPSA) is 87.5 Å². The van der Waals surface area contributed by atoms with E-state index in [1.165, 1.54) is 11.3 Å². The molecule has 2 aromatic heterocycles. The lowest BCUT2D eigenvalue weighted by molar-refractivity contribution is -0.135. The van der Waals surface area contributed by atoms with Gasteiger partial charge in [0.15, 0.2) is 5.78 Å². The van der Waals surface area contributed by atoms with Gasteiger partial charge in [0, 0.05) is 29.8 Å². The molecule has 20 heavy (non-hydrogen) atoms. The van der Waals surface area contributed by atoms with E-state index >= 15 is 0 Å². The first kappa shape index (κ1) is 14.0. The van der Waals surface area contributed by atoms with Crippen LogP contribution < -0.4 is 0 Å². The fraction of sp³-hybridized carbons (Fsp3) is 0.0714. The number of pyridine rings is 1. The van der Waals surface area contributed by atoms with Crippen LogP contribution in [0.4, 0.5) is 0 Å². The van der Waals surface area contributed by atoms with Gasteiger partial charge in [0.05, 0.1) is 4.88 Å². The van der Waals surface area contributed by atoms with Crippen LogP contribution in [0.15, 0.2) is 48.5 Å². The van der Waals surface area contributed by atoms with E-state index in [4.69, 9.17) is 10.2 Å². The Bertz CT molecular complexity index is 661. The van der Waals surface area contributed by atoms with Crippen molar-refractivity contribution >= 4 is 23.1 Å². The van der Waals surface area contributed by atoms with Gasteiger partial charge in [-0.3, -0.25) is 9.78 Å². The van der Waals surface area contributed by atoms with Crippen LogP contribution in [0.2, 0.25) is 0 Å². The summed E-state index contributed by atoms with van der Waals surface area (Å²) in [7, 11) is 0. The number of hydrogen-bond acceptors (Lipinski definition) is 5. The summed E-state index contributed by atoms with van der Waals surface area (Å²) in [5.41, 5.74) is 1.07. The predicted octanol–water partition coefficient (Wildman–Crippen LogP) is 2.44. The minimum atomic E-state index is -1.52. The van der Waals surface area contributed by atoms with Crippen molar-refractivity contribution in [2.24, 2.45) is 0 Å². The predicted molar refractivity (Wildman–Crippen MR) is 74.0 cm³/mol. The summed E-state index contributed by atoms with van der Waals surface area (Å²) < 4.78 is 0. The van der Waals surface area contributed by atoms with Crippen molar-refractivity contribution in [1.82, 2.24) is 4.98 Å². The Morgan fingerprint density at radius 2 is 1.85 bits per heavy atom. The molecule has 2 heterocycles. The summed E-state index contributed by atoms with van der Waals surface area (Å²) in [6.07, 6.45) is 4.78. The monoisotopic (exact) mass is 289 g/mol. The number of allylic oxidation sites excluding steroid dienone is 1. The van der Waals surface area contributed by atoms with Gasteiger partial charge in [-0.05, 0) is 29.8 Å². The number of rotatable bonds is 5. The second kappa shape index (κ2) is 6.12. The maximum atomic E-state index is 11.7. The lowest BCUT2D eigenvalue weighted by Gasteiger charge is -1.96. The van der Waals surface area contributed by atoms with Crippen molar-refractivity contribution in [1.29, 1.82) is 0 Å². The highest BCUT2D eigenvalue weighted by Gasteiger charge is 2.11. The molecule has 0 fully saturated rings. The molecule has 0 bridgehead atoms. The van der Waals surface area contributed by atoms with Crippen LogP contribution in [-0.4, -0.2) is 26.9 Å². The van der Waals surface area contributed by atoms with Gasteiger partial charge in [-0.25, -0.2) is 4.79 Å². The molecular weight excluding hydrogens is 278 g/mol. The molecule has 2 rings (SSSR count). The molecule has 0 saturated carbocycles. The van der Waals surface area contributed by atoms with Crippen molar-refractivity contribution in [3.8, 4) is 0 Å². The molecular formula is C14H11NO4S. The first-order valence-corrected chi connectivity index (χ1v) is 6.54. The summed E-state index contributed by atoms with van der Waals surface area (Å²) in [6, 6.07) is 7.20. The number of carboxylic acids is 1. The van der Waals surface area contributed by atoms with E-state index in [1.807, 2.05) is 18.2 Å². The lowest BCUT2D eigenvalue weighted by atomic mass is 10.2. The standard InChI is InChI=1S/C14H11NO4S/c16-11(8-12(17)14(18)19)13-2-1-10(20-13)7-9-3-5-15-6-4-9/h1-6,8,17H,7H2,(H,18,19). The Morgan fingerprint density at radius 1 is 1.15 bits per heavy atom. The number of hydrogen-bond donors (Lipinski definition) is 2. The third-order valence-electron chi connectivity index (χ3n) is 2.52. The highest BCUT2D eigenvalue weighted by atomic mass is 32.1. The van der Waals surface area contributed by atoms with E-state index in [2.05, 4.69) is 4.98 Å². The van der Waals surface area contributed by atoms with Crippen LogP contribution in [0.1, 0.15) is 20.1 Å². The Balaban J connectivity index is 2.11. The summed E-state index contributed by atoms with van der Waals surface area (Å²) in [4.78, 5) is 27.5. The third-order valence-corrected chi connectivity index (χ3v) is 3.62. The summed E-state index contributed by atoms with van der Waals surface area (Å²) >= 11 is 1.27. The zero-order valence-corrected chi connectivity index (χ0v) is 11.1. The van der Waals surface area contributed by atoms with E-state index in [0.717, 1.165) is 10.4 Å². The first-order valence-electron chi connectivity index (χ1n) is 5.72. The number of aliphatic carboxylic acids is 1. The van der Waals surface area contributed by atoms with Crippen molar-refractivity contribution in [2.75, 3.05) is 0 Å². The van der Waals surface area contributed by atoms with E-state index in [-0.39, 0.29) is 0 Å². The number of carbonyl (C=O) groups excluding carboxylic acids is 1. The minimum absolute atomic E-state index is 0.391. The average molecular weight is 289 g/mol. The molecule has 0 amide bonds. The molecule has 0 aromatic carbocycles. The lowest BCUT2D eigenvalue weighted by Crippen LogP contribution is -2.02. The third kappa shape index (κ3) is 3.52. The molecule has 102 valence electrons. The van der Waals surface area contributed by atoms with E-state index in [9.17, 15) is 9.59 Å². The van der Waals surface area contributed by atoms with Gasteiger partial charge in [-0.15, -0.1) is 11.3 Å². The van der Waals surface area contributed by atoms with Gasteiger partial charge in [-0.1, -0.05) is 0 Å². The largest absolute Gasteiger partial charge is 0.502 e. The Morgan fingerprint density at radius 3 is 2.50 bits per heavy atom. The van der Waals surface area contributed by atoms with Crippen molar-refractivity contribution in [3.05, 3.63) is 63.8 Å². The molecule has 0 aliphatic carbocycles. The average Bonchev–Trinajstić information content (AvgIpc) is 2.88. The number of aromatic nitrogens is 1. The van der Waals surface area contributed by atoms with Gasteiger partial charge >= 0.3 is 5.97 Å². The number of nitrogens with zero attached hydrogens (tertiary/aromatic N) is 1. The second-order valence-electron chi connectivity index (χ2n) is 4.00. The second-order valence-corrected chi connectivity index (χ2v) is 5.17. The van der Waals surface area contributed by atoms with Crippen molar-refractivity contribution < 1.29 is 19.8 Å². The maximum Gasteiger partial charge on any atom is 0.371 e. The first-order chi connectivity index (χ1) is 9.56. The van der Waals surface area contributed by atoms with Gasteiger partial charge < -0.3 is 10.2 Å². The quantitative estimate of drug-likeness (QED) is 0.501. The number of thiophene rings is 1. The molecule has 0 spiro atoms. The molecule has 5 nitrogen and oxygen atoms in total. The number of aliphatic hydroxyl groups is 1. The van der Waals surface area contributed by atoms with Crippen LogP contribution in [0.3, 0.4) is 0 Å². The molecule has 0 saturated heterocycles. The van der Waals surface area contributed by atoms with Crippen molar-refractivity contribution in [2.45, 2.75) is 6.42 Å². The minimum Gasteiger partial charge on any atom is -0.502 e. The van der Waals surface area contributed by atoms with E-state index in [1.54, 1.807) is 18.5 Å². The van der Waals surface area contributed by atoms with Crippen LogP contribution in [0, 0.1) is 0 Å². The Labute approximate surface area is 118 Å². The van der Waals surface area contributed by atoms with E-state index in [0.29, 0.717) is 17.4 Å². The fourth-order valence-electron chi connectivity index (χ4n) is 1.56. The number of ketones is 1. The molecule has 2 N–H and O–H groups in total. The SMILES string of the molecule is O=C(O)C(O)=CC(=O)c1ccc(Cc2ccncc2)s1. The summed E-state index contributed by atoms with van der Waals surface area (Å²) in [6.45, 7) is 0. The smallest absolute Gasteiger partial charge is 0.371 e. The molecule has 2 aromatic rings. The fourth-order valence-corrected chi connectivity index (χ4v) is 2.52. The molecule has 0 atom stereocenters. The van der Waals surface area contributed by atoms with Crippen LogP contribution in [-0.2, 0) is 11.2 Å².